The monoisotopic (exact) mass is 272 g/mol. The van der Waals surface area contributed by atoms with Gasteiger partial charge in [-0.3, -0.25) is 4.79 Å². The summed E-state index contributed by atoms with van der Waals surface area (Å²) in [4.78, 5) is 24.0. The first-order chi connectivity index (χ1) is 8.49. The van der Waals surface area contributed by atoms with Crippen molar-refractivity contribution in [1.82, 2.24) is 14.6 Å². The number of hydrogen-bond acceptors (Lipinski definition) is 4. The minimum absolute atomic E-state index is 0.0482. The topological polar surface area (TPSA) is 122 Å². The Labute approximate surface area is 104 Å². The van der Waals surface area contributed by atoms with Crippen molar-refractivity contribution in [3.8, 4) is 0 Å². The molecule has 0 saturated carbocycles. The summed E-state index contributed by atoms with van der Waals surface area (Å²) < 4.78 is 12.5. The molecule has 1 aromatic heterocycles. The number of amides is 1. The lowest BCUT2D eigenvalue weighted by Crippen LogP contribution is -2.35. The lowest BCUT2D eigenvalue weighted by Gasteiger charge is -2.30. The number of nitrogens with one attached hydrogen (secondary N) is 2. The van der Waals surface area contributed by atoms with Crippen LogP contribution in [0.2, 0.25) is 0 Å². The summed E-state index contributed by atoms with van der Waals surface area (Å²) in [6.07, 6.45) is 1.57. The summed E-state index contributed by atoms with van der Waals surface area (Å²) >= 11 is 0. The van der Waals surface area contributed by atoms with Crippen LogP contribution in [0.3, 0.4) is 0 Å². The summed E-state index contributed by atoms with van der Waals surface area (Å²) in [5.41, 5.74) is 5.37. The van der Waals surface area contributed by atoms with Gasteiger partial charge in [-0.25, -0.2) is 4.98 Å². The Balaban J connectivity index is 2.25. The van der Waals surface area contributed by atoms with Crippen LogP contribution in [-0.2, 0) is 4.57 Å². The van der Waals surface area contributed by atoms with Crippen molar-refractivity contribution in [3.63, 3.8) is 0 Å². The second kappa shape index (κ2) is 5.01. The molecule has 2 rings (SSSR count). The molecule has 18 heavy (non-hydrogen) atoms. The minimum atomic E-state index is -2.39. The highest BCUT2D eigenvalue weighted by molar-refractivity contribution is 7.35. The Morgan fingerprint density at radius 1 is 1.83 bits per heavy atom. The van der Waals surface area contributed by atoms with Crippen molar-refractivity contribution >= 4 is 20.0 Å². The molecule has 9 heteroatoms. The van der Waals surface area contributed by atoms with Crippen LogP contribution in [0.1, 0.15) is 23.5 Å². The Bertz CT molecular complexity index is 489. The molecule has 1 aromatic rings. The molecule has 0 fully saturated rings. The van der Waals surface area contributed by atoms with Gasteiger partial charge in [-0.15, -0.1) is 4.89 Å². The van der Waals surface area contributed by atoms with E-state index in [0.717, 1.165) is 0 Å². The van der Waals surface area contributed by atoms with Gasteiger partial charge in [0.05, 0.1) is 12.6 Å². The summed E-state index contributed by atoms with van der Waals surface area (Å²) in [5.74, 6) is 0.197. The third-order valence-electron chi connectivity index (χ3n) is 3.02. The Kier molecular flexibility index (Phi) is 3.60. The van der Waals surface area contributed by atoms with Gasteiger partial charge in [-0.2, -0.15) is 0 Å². The highest BCUT2D eigenvalue weighted by atomic mass is 31.1. The number of anilines is 1. The summed E-state index contributed by atoms with van der Waals surface area (Å²) in [7, 11) is -2.39. The number of rotatable bonds is 4. The second-order valence-corrected chi connectivity index (χ2v) is 5.14. The number of imidazole rings is 1. The Morgan fingerprint density at radius 3 is 3.17 bits per heavy atom. The smallest absolute Gasteiger partial charge is 0.364 e. The molecule has 1 aliphatic rings. The van der Waals surface area contributed by atoms with Crippen molar-refractivity contribution in [3.05, 3.63) is 11.9 Å². The highest BCUT2D eigenvalue weighted by Crippen LogP contribution is 2.28. The average Bonchev–Trinajstić information content (AvgIpc) is 2.71. The third-order valence-corrected chi connectivity index (χ3v) is 3.47. The van der Waals surface area contributed by atoms with Crippen LogP contribution in [0, 0.1) is 5.92 Å². The largest absolute Gasteiger partial charge is 0.610 e. The number of fused-ring (bicyclic) bond motifs is 1. The van der Waals surface area contributed by atoms with Crippen LogP contribution in [0.5, 0.6) is 0 Å². The van der Waals surface area contributed by atoms with Crippen LogP contribution in [-0.4, -0.2) is 33.4 Å². The van der Waals surface area contributed by atoms with E-state index < -0.39 is 14.1 Å². The molecule has 5 N–H and O–H groups in total. The number of carbonyl (C=O) groups is 1. The second-order valence-electron chi connectivity index (χ2n) is 4.28. The van der Waals surface area contributed by atoms with E-state index in [9.17, 15) is 9.36 Å². The molecular formula is C9H15N5O3P+. The van der Waals surface area contributed by atoms with Crippen molar-refractivity contribution in [1.29, 1.82) is 0 Å². The van der Waals surface area contributed by atoms with Crippen LogP contribution in [0.25, 0.3) is 0 Å². The Hall–Kier alpha value is -1.50. The summed E-state index contributed by atoms with van der Waals surface area (Å²) in [6, 6.07) is -0.0482. The van der Waals surface area contributed by atoms with Crippen molar-refractivity contribution in [2.45, 2.75) is 13.0 Å². The van der Waals surface area contributed by atoms with E-state index in [0.29, 0.717) is 19.0 Å². The number of nitrogens with zero attached hydrogens (tertiary/aromatic N) is 2. The highest BCUT2D eigenvalue weighted by Gasteiger charge is 2.30. The van der Waals surface area contributed by atoms with Crippen molar-refractivity contribution < 1.29 is 14.3 Å². The molecule has 3 atom stereocenters. The zero-order chi connectivity index (χ0) is 13.3. The molecule has 98 valence electrons. The first kappa shape index (κ1) is 12.9. The van der Waals surface area contributed by atoms with Gasteiger partial charge < -0.3 is 15.6 Å². The third kappa shape index (κ3) is 2.50. The summed E-state index contributed by atoms with van der Waals surface area (Å²) in [5, 5.41) is 5.58. The molecule has 0 aromatic carbocycles. The van der Waals surface area contributed by atoms with E-state index in [1.807, 2.05) is 6.92 Å². The SMILES string of the molecule is CC1CNc2nc(C(N)=O)cn2C1CN[P+](=O)O. The number of nitrogens with two attached hydrogens (primary N) is 1. The molecule has 0 bridgehead atoms. The standard InChI is InChI=1S/C9H14N5O3P/c1-5-2-11-9-13-6(8(10)15)4-14(9)7(5)3-12-18(16)17/h4-5,7H,2-3H2,1H3,(H4-,10,11,12,13,15,16,17)/p+1. The fourth-order valence-electron chi connectivity index (χ4n) is 2.03. The molecule has 0 radical (unpaired) electrons. The number of hydrogen-bond donors (Lipinski definition) is 4. The average molecular weight is 272 g/mol. The fourth-order valence-corrected chi connectivity index (χ4v) is 2.37. The molecule has 2 heterocycles. The van der Waals surface area contributed by atoms with Gasteiger partial charge in [0, 0.05) is 12.7 Å². The molecule has 0 spiro atoms. The molecule has 0 saturated heterocycles. The van der Waals surface area contributed by atoms with E-state index in [1.54, 1.807) is 10.8 Å². The van der Waals surface area contributed by atoms with E-state index in [2.05, 4.69) is 15.4 Å². The fraction of sp³-hybridized carbons (Fsp3) is 0.556. The van der Waals surface area contributed by atoms with Crippen LogP contribution < -0.4 is 16.1 Å². The maximum atomic E-state index is 11.1. The lowest BCUT2D eigenvalue weighted by molar-refractivity contribution is 0.0996. The van der Waals surface area contributed by atoms with Gasteiger partial charge >= 0.3 is 8.18 Å². The molecule has 0 aliphatic carbocycles. The van der Waals surface area contributed by atoms with Gasteiger partial charge in [-0.1, -0.05) is 12.0 Å². The number of carbonyl (C=O) groups excluding carboxylic acids is 1. The first-order valence-corrected chi connectivity index (χ1v) is 6.72. The maximum Gasteiger partial charge on any atom is 0.610 e. The van der Waals surface area contributed by atoms with Crippen LogP contribution in [0.15, 0.2) is 6.20 Å². The number of aromatic nitrogens is 2. The lowest BCUT2D eigenvalue weighted by atomic mass is 10.0. The predicted octanol–water partition coefficient (Wildman–Crippen LogP) is -0.176. The molecule has 3 unspecified atom stereocenters. The zero-order valence-electron chi connectivity index (χ0n) is 9.83. The molecule has 1 amide bonds. The van der Waals surface area contributed by atoms with E-state index in [1.165, 1.54) is 0 Å². The summed E-state index contributed by atoms with van der Waals surface area (Å²) in [6.45, 7) is 3.02. The maximum absolute atomic E-state index is 11.1. The van der Waals surface area contributed by atoms with Crippen LogP contribution in [0.4, 0.5) is 5.95 Å². The van der Waals surface area contributed by atoms with Gasteiger partial charge in [0.2, 0.25) is 5.95 Å². The first-order valence-electron chi connectivity index (χ1n) is 5.51. The van der Waals surface area contributed by atoms with Gasteiger partial charge in [0.1, 0.15) is 5.69 Å². The van der Waals surface area contributed by atoms with Gasteiger partial charge in [0.25, 0.3) is 5.91 Å². The van der Waals surface area contributed by atoms with Crippen molar-refractivity contribution in [2.75, 3.05) is 18.4 Å². The minimum Gasteiger partial charge on any atom is -0.364 e. The predicted molar refractivity (Wildman–Crippen MR) is 65.3 cm³/mol. The van der Waals surface area contributed by atoms with E-state index in [4.69, 9.17) is 10.6 Å². The Morgan fingerprint density at radius 2 is 2.56 bits per heavy atom. The molecule has 8 nitrogen and oxygen atoms in total. The normalized spacial score (nSPS) is 23.1. The van der Waals surface area contributed by atoms with Crippen LogP contribution >= 0.6 is 8.18 Å². The van der Waals surface area contributed by atoms with Gasteiger partial charge in [-0.05, 0) is 10.5 Å². The quantitative estimate of drug-likeness (QED) is 0.564. The van der Waals surface area contributed by atoms with E-state index >= 15 is 0 Å². The van der Waals surface area contributed by atoms with Crippen molar-refractivity contribution in [2.24, 2.45) is 11.7 Å². The van der Waals surface area contributed by atoms with E-state index in [-0.39, 0.29) is 17.7 Å². The number of primary amides is 1. The molecule has 1 aliphatic heterocycles. The van der Waals surface area contributed by atoms with Gasteiger partial charge in [0.15, 0.2) is 0 Å². The molecular weight excluding hydrogens is 257 g/mol. The zero-order valence-corrected chi connectivity index (χ0v) is 10.7.